The average molecular weight is 296 g/mol. The Labute approximate surface area is 127 Å². The van der Waals surface area contributed by atoms with Crippen LogP contribution in [0.4, 0.5) is 0 Å². The number of rotatable bonds is 4. The van der Waals surface area contributed by atoms with Crippen molar-refractivity contribution in [2.24, 2.45) is 5.73 Å². The van der Waals surface area contributed by atoms with Crippen LogP contribution in [-0.2, 0) is 6.54 Å². The first kappa shape index (κ1) is 14.2. The number of hydrogen-bond acceptors (Lipinski definition) is 5. The van der Waals surface area contributed by atoms with Gasteiger partial charge in [-0.15, -0.1) is 0 Å². The number of aromatic amines is 1. The van der Waals surface area contributed by atoms with Crippen LogP contribution in [0.1, 0.15) is 12.6 Å². The summed E-state index contributed by atoms with van der Waals surface area (Å²) in [6, 6.07) is 7.48. The molecular weight excluding hydrogens is 280 g/mol. The maximum atomic E-state index is 11.8. The molecule has 0 saturated heterocycles. The molecule has 0 spiro atoms. The molecule has 22 heavy (non-hydrogen) atoms. The number of H-pyrrole nitrogens is 1. The maximum Gasteiger partial charge on any atom is 0.272 e. The lowest BCUT2D eigenvalue weighted by Crippen LogP contribution is -2.13. The van der Waals surface area contributed by atoms with Gasteiger partial charge in [0.25, 0.3) is 5.56 Å². The second kappa shape index (κ2) is 5.95. The number of fused-ring (bicyclic) bond motifs is 1. The Kier molecular flexibility index (Phi) is 3.84. The smallest absolute Gasteiger partial charge is 0.272 e. The van der Waals surface area contributed by atoms with Gasteiger partial charge < -0.3 is 10.5 Å². The lowest BCUT2D eigenvalue weighted by molar-refractivity contribution is 0.339. The molecule has 0 bridgehead atoms. The van der Waals surface area contributed by atoms with Crippen LogP contribution in [0.2, 0.25) is 0 Å². The van der Waals surface area contributed by atoms with E-state index in [2.05, 4.69) is 15.2 Å². The summed E-state index contributed by atoms with van der Waals surface area (Å²) in [6.45, 7) is 2.77. The molecular formula is C16H16N4O2. The van der Waals surface area contributed by atoms with E-state index in [1.165, 1.54) is 0 Å². The van der Waals surface area contributed by atoms with Gasteiger partial charge in [-0.25, -0.2) is 5.10 Å². The highest BCUT2D eigenvalue weighted by Crippen LogP contribution is 2.26. The SMILES string of the molecule is CCOc1cncc(-c2ccc3c(=O)[nH]nc(CN)c3c2)c1. The Morgan fingerprint density at radius 3 is 2.82 bits per heavy atom. The third kappa shape index (κ3) is 2.56. The summed E-state index contributed by atoms with van der Waals surface area (Å²) in [5, 5.41) is 7.80. The van der Waals surface area contributed by atoms with E-state index < -0.39 is 0 Å². The fraction of sp³-hybridized carbons (Fsp3) is 0.188. The van der Waals surface area contributed by atoms with Crippen LogP contribution in [0, 0.1) is 0 Å². The van der Waals surface area contributed by atoms with Crippen LogP contribution in [-0.4, -0.2) is 21.8 Å². The quantitative estimate of drug-likeness (QED) is 0.766. The predicted octanol–water partition coefficient (Wildman–Crippen LogP) is 1.84. The molecule has 2 heterocycles. The van der Waals surface area contributed by atoms with Gasteiger partial charge in [0, 0.05) is 23.7 Å². The molecule has 2 aromatic heterocycles. The second-order valence-electron chi connectivity index (χ2n) is 4.81. The van der Waals surface area contributed by atoms with Crippen molar-refractivity contribution >= 4 is 10.8 Å². The van der Waals surface area contributed by atoms with E-state index in [-0.39, 0.29) is 12.1 Å². The summed E-state index contributed by atoms with van der Waals surface area (Å²) in [4.78, 5) is 16.0. The van der Waals surface area contributed by atoms with Gasteiger partial charge in [0.2, 0.25) is 0 Å². The van der Waals surface area contributed by atoms with E-state index in [0.29, 0.717) is 23.4 Å². The zero-order valence-electron chi connectivity index (χ0n) is 12.2. The van der Waals surface area contributed by atoms with Crippen molar-refractivity contribution in [2.75, 3.05) is 6.61 Å². The van der Waals surface area contributed by atoms with E-state index in [9.17, 15) is 4.79 Å². The molecule has 0 saturated carbocycles. The molecule has 112 valence electrons. The Balaban J connectivity index is 2.16. The van der Waals surface area contributed by atoms with Gasteiger partial charge in [-0.05, 0) is 30.7 Å². The highest BCUT2D eigenvalue weighted by atomic mass is 16.5. The van der Waals surface area contributed by atoms with E-state index in [1.54, 1.807) is 18.5 Å². The minimum Gasteiger partial charge on any atom is -0.492 e. The Hall–Kier alpha value is -2.73. The van der Waals surface area contributed by atoms with E-state index >= 15 is 0 Å². The van der Waals surface area contributed by atoms with Crippen LogP contribution in [0.3, 0.4) is 0 Å². The van der Waals surface area contributed by atoms with Crippen molar-refractivity contribution in [3.8, 4) is 16.9 Å². The Bertz CT molecular complexity index is 873. The molecule has 3 aromatic rings. The summed E-state index contributed by atoms with van der Waals surface area (Å²) >= 11 is 0. The summed E-state index contributed by atoms with van der Waals surface area (Å²) in [6.07, 6.45) is 3.43. The number of hydrogen-bond donors (Lipinski definition) is 2. The number of benzene rings is 1. The van der Waals surface area contributed by atoms with Gasteiger partial charge in [0.1, 0.15) is 5.75 Å². The molecule has 0 aliphatic rings. The van der Waals surface area contributed by atoms with Crippen LogP contribution in [0.15, 0.2) is 41.5 Å². The Morgan fingerprint density at radius 1 is 1.18 bits per heavy atom. The number of ether oxygens (including phenoxy) is 1. The van der Waals surface area contributed by atoms with Gasteiger partial charge in [-0.2, -0.15) is 5.10 Å². The normalized spacial score (nSPS) is 10.8. The molecule has 0 radical (unpaired) electrons. The summed E-state index contributed by atoms with van der Waals surface area (Å²) in [5.74, 6) is 0.711. The lowest BCUT2D eigenvalue weighted by Gasteiger charge is -2.08. The summed E-state index contributed by atoms with van der Waals surface area (Å²) < 4.78 is 5.47. The summed E-state index contributed by atoms with van der Waals surface area (Å²) in [5.41, 5.74) is 7.98. The van der Waals surface area contributed by atoms with Gasteiger partial charge in [0.15, 0.2) is 0 Å². The fourth-order valence-electron chi connectivity index (χ4n) is 2.38. The highest BCUT2D eigenvalue weighted by Gasteiger charge is 2.08. The van der Waals surface area contributed by atoms with Crippen molar-refractivity contribution in [1.29, 1.82) is 0 Å². The molecule has 0 fully saturated rings. The van der Waals surface area contributed by atoms with Gasteiger partial charge in [0.05, 0.1) is 23.9 Å². The van der Waals surface area contributed by atoms with Crippen molar-refractivity contribution in [3.05, 3.63) is 52.7 Å². The molecule has 6 nitrogen and oxygen atoms in total. The molecule has 0 unspecified atom stereocenters. The third-order valence-electron chi connectivity index (χ3n) is 3.42. The third-order valence-corrected chi connectivity index (χ3v) is 3.42. The van der Waals surface area contributed by atoms with E-state index in [0.717, 1.165) is 16.5 Å². The standard InChI is InChI=1S/C16H16N4O2/c1-2-22-12-5-11(8-18-9-12)10-3-4-13-14(6-10)15(7-17)19-20-16(13)21/h3-6,8-9H,2,7,17H2,1H3,(H,20,21). The largest absolute Gasteiger partial charge is 0.492 e. The monoisotopic (exact) mass is 296 g/mol. The molecule has 6 heteroatoms. The minimum absolute atomic E-state index is 0.222. The number of nitrogens with zero attached hydrogens (tertiary/aromatic N) is 2. The minimum atomic E-state index is -0.222. The number of nitrogens with one attached hydrogen (secondary N) is 1. The van der Waals surface area contributed by atoms with Gasteiger partial charge in [-0.3, -0.25) is 9.78 Å². The van der Waals surface area contributed by atoms with Crippen molar-refractivity contribution < 1.29 is 4.74 Å². The Morgan fingerprint density at radius 2 is 2.05 bits per heavy atom. The van der Waals surface area contributed by atoms with Gasteiger partial charge in [-0.1, -0.05) is 6.07 Å². The zero-order chi connectivity index (χ0) is 15.5. The number of aromatic nitrogens is 3. The molecule has 3 rings (SSSR count). The molecule has 0 amide bonds. The first-order valence-electron chi connectivity index (χ1n) is 7.02. The van der Waals surface area contributed by atoms with Crippen LogP contribution >= 0.6 is 0 Å². The van der Waals surface area contributed by atoms with Crippen molar-refractivity contribution in [1.82, 2.24) is 15.2 Å². The molecule has 0 aliphatic heterocycles. The molecule has 0 atom stereocenters. The second-order valence-corrected chi connectivity index (χ2v) is 4.81. The van der Waals surface area contributed by atoms with Crippen molar-refractivity contribution in [3.63, 3.8) is 0 Å². The summed E-state index contributed by atoms with van der Waals surface area (Å²) in [7, 11) is 0. The van der Waals surface area contributed by atoms with Crippen molar-refractivity contribution in [2.45, 2.75) is 13.5 Å². The highest BCUT2D eigenvalue weighted by molar-refractivity contribution is 5.88. The molecule has 0 aliphatic carbocycles. The lowest BCUT2D eigenvalue weighted by atomic mass is 10.0. The number of nitrogens with two attached hydrogens (primary N) is 1. The first-order valence-corrected chi connectivity index (χ1v) is 7.02. The zero-order valence-corrected chi connectivity index (χ0v) is 12.2. The fourth-order valence-corrected chi connectivity index (χ4v) is 2.38. The van der Waals surface area contributed by atoms with E-state index in [4.69, 9.17) is 10.5 Å². The molecule has 1 aromatic carbocycles. The number of pyridine rings is 1. The van der Waals surface area contributed by atoms with Gasteiger partial charge >= 0.3 is 0 Å². The topological polar surface area (TPSA) is 93.9 Å². The van der Waals surface area contributed by atoms with E-state index in [1.807, 2.05) is 25.1 Å². The first-order chi connectivity index (χ1) is 10.7. The van der Waals surface area contributed by atoms with Crippen LogP contribution < -0.4 is 16.0 Å². The molecule has 3 N–H and O–H groups in total. The average Bonchev–Trinajstić information content (AvgIpc) is 2.55. The van der Waals surface area contributed by atoms with Crippen LogP contribution in [0.25, 0.3) is 21.9 Å². The predicted molar refractivity (Wildman–Crippen MR) is 84.7 cm³/mol. The maximum absolute atomic E-state index is 11.8. The van der Waals surface area contributed by atoms with Crippen LogP contribution in [0.5, 0.6) is 5.75 Å².